The summed E-state index contributed by atoms with van der Waals surface area (Å²) >= 11 is 0. The maximum Gasteiger partial charge on any atom is 0.119 e. The van der Waals surface area contributed by atoms with Gasteiger partial charge >= 0.3 is 0 Å². The van der Waals surface area contributed by atoms with Gasteiger partial charge in [0.05, 0.1) is 6.10 Å². The van der Waals surface area contributed by atoms with Gasteiger partial charge in [-0.25, -0.2) is 0 Å². The van der Waals surface area contributed by atoms with E-state index < -0.39 is 0 Å². The Bertz CT molecular complexity index is 438. The number of benzene rings is 2. The zero-order chi connectivity index (χ0) is 13.0. The van der Waals surface area contributed by atoms with Crippen LogP contribution >= 0.6 is 0 Å². The minimum Gasteiger partial charge on any atom is -0.508 e. The van der Waals surface area contributed by atoms with Crippen LogP contribution in [0.4, 0.5) is 0 Å². The van der Waals surface area contributed by atoms with Crippen molar-refractivity contribution in [2.45, 2.75) is 26.4 Å². The van der Waals surface area contributed by atoms with Gasteiger partial charge in [0.2, 0.25) is 0 Å². The van der Waals surface area contributed by atoms with Crippen LogP contribution in [-0.2, 0) is 6.42 Å². The van der Waals surface area contributed by atoms with Gasteiger partial charge in [-0.05, 0) is 43.7 Å². The van der Waals surface area contributed by atoms with E-state index in [1.807, 2.05) is 43.3 Å². The van der Waals surface area contributed by atoms with Gasteiger partial charge in [-0.1, -0.05) is 29.8 Å². The van der Waals surface area contributed by atoms with Crippen LogP contribution in [0, 0.1) is 6.92 Å². The van der Waals surface area contributed by atoms with E-state index in [2.05, 4.69) is 6.92 Å². The third-order valence-corrected chi connectivity index (χ3v) is 2.82. The number of aryl methyl sites for hydroxylation is 1. The first-order valence-electron chi connectivity index (χ1n) is 6.15. The number of hydrogen-bond donors (Lipinski definition) is 1. The monoisotopic (exact) mass is 242 g/mol. The van der Waals surface area contributed by atoms with Crippen molar-refractivity contribution in [2.24, 2.45) is 0 Å². The van der Waals surface area contributed by atoms with Crippen molar-refractivity contribution >= 4 is 0 Å². The van der Waals surface area contributed by atoms with E-state index in [1.165, 1.54) is 5.56 Å². The minimum atomic E-state index is 0.109. The van der Waals surface area contributed by atoms with Gasteiger partial charge in [0.1, 0.15) is 11.5 Å². The van der Waals surface area contributed by atoms with E-state index in [0.29, 0.717) is 5.75 Å². The molecule has 1 N–H and O–H groups in total. The minimum absolute atomic E-state index is 0.109. The first-order chi connectivity index (χ1) is 8.63. The quantitative estimate of drug-likeness (QED) is 0.885. The Morgan fingerprint density at radius 1 is 1.00 bits per heavy atom. The lowest BCUT2D eigenvalue weighted by Crippen LogP contribution is -2.14. The highest BCUT2D eigenvalue weighted by atomic mass is 16.5. The first-order valence-corrected chi connectivity index (χ1v) is 6.15. The Morgan fingerprint density at radius 3 is 2.22 bits per heavy atom. The van der Waals surface area contributed by atoms with Crippen molar-refractivity contribution in [2.75, 3.05) is 0 Å². The van der Waals surface area contributed by atoms with Crippen LogP contribution in [0.3, 0.4) is 0 Å². The molecule has 0 fully saturated rings. The maximum atomic E-state index is 9.22. The fourth-order valence-electron chi connectivity index (χ4n) is 1.85. The number of aromatic hydroxyl groups is 1. The van der Waals surface area contributed by atoms with Gasteiger partial charge in [-0.15, -0.1) is 0 Å². The molecule has 0 saturated heterocycles. The largest absolute Gasteiger partial charge is 0.508 e. The van der Waals surface area contributed by atoms with Crippen LogP contribution in [0.5, 0.6) is 11.5 Å². The molecule has 0 heterocycles. The highest BCUT2D eigenvalue weighted by Crippen LogP contribution is 2.16. The maximum absolute atomic E-state index is 9.22. The molecule has 0 aliphatic carbocycles. The molecule has 0 aromatic heterocycles. The molecular formula is C16H18O2. The van der Waals surface area contributed by atoms with Crippen molar-refractivity contribution < 1.29 is 9.84 Å². The molecule has 2 nitrogen and oxygen atoms in total. The highest BCUT2D eigenvalue weighted by molar-refractivity contribution is 5.28. The van der Waals surface area contributed by atoms with Crippen LogP contribution < -0.4 is 4.74 Å². The molecule has 94 valence electrons. The molecule has 18 heavy (non-hydrogen) atoms. The van der Waals surface area contributed by atoms with Gasteiger partial charge < -0.3 is 9.84 Å². The van der Waals surface area contributed by atoms with Crippen molar-refractivity contribution in [1.29, 1.82) is 0 Å². The van der Waals surface area contributed by atoms with E-state index in [9.17, 15) is 5.11 Å². The average molecular weight is 242 g/mol. The number of phenols is 1. The molecule has 0 saturated carbocycles. The van der Waals surface area contributed by atoms with E-state index >= 15 is 0 Å². The van der Waals surface area contributed by atoms with Crippen molar-refractivity contribution in [1.82, 2.24) is 0 Å². The third kappa shape index (κ3) is 3.52. The van der Waals surface area contributed by atoms with Gasteiger partial charge in [0.15, 0.2) is 0 Å². The van der Waals surface area contributed by atoms with Crippen LogP contribution in [0.15, 0.2) is 48.5 Å². The number of rotatable bonds is 4. The summed E-state index contributed by atoms with van der Waals surface area (Å²) in [5.41, 5.74) is 2.39. The Balaban J connectivity index is 1.94. The van der Waals surface area contributed by atoms with E-state index in [-0.39, 0.29) is 6.10 Å². The lowest BCUT2D eigenvalue weighted by atomic mass is 10.1. The average Bonchev–Trinajstić information content (AvgIpc) is 2.35. The summed E-state index contributed by atoms with van der Waals surface area (Å²) in [6, 6.07) is 15.3. The Kier molecular flexibility index (Phi) is 3.88. The summed E-state index contributed by atoms with van der Waals surface area (Å²) in [5.74, 6) is 1.19. The normalized spacial score (nSPS) is 12.1. The highest BCUT2D eigenvalue weighted by Gasteiger charge is 2.05. The Labute approximate surface area is 108 Å². The number of phenolic OH excluding ortho intramolecular Hbond substituents is 1. The van der Waals surface area contributed by atoms with E-state index in [1.54, 1.807) is 12.1 Å². The zero-order valence-electron chi connectivity index (χ0n) is 10.8. The van der Waals surface area contributed by atoms with Crippen molar-refractivity contribution in [3.63, 3.8) is 0 Å². The predicted molar refractivity (Wildman–Crippen MR) is 73.1 cm³/mol. The second-order valence-corrected chi connectivity index (χ2v) is 4.61. The third-order valence-electron chi connectivity index (χ3n) is 2.82. The molecule has 1 atom stereocenters. The predicted octanol–water partition coefficient (Wildman–Crippen LogP) is 3.71. The zero-order valence-corrected chi connectivity index (χ0v) is 10.8. The fraction of sp³-hybridized carbons (Fsp3) is 0.250. The van der Waals surface area contributed by atoms with Crippen LogP contribution in [-0.4, -0.2) is 11.2 Å². The second kappa shape index (κ2) is 5.58. The summed E-state index contributed by atoms with van der Waals surface area (Å²) in [7, 11) is 0. The molecule has 0 radical (unpaired) electrons. The molecule has 2 rings (SSSR count). The molecule has 2 aromatic rings. The summed E-state index contributed by atoms with van der Waals surface area (Å²) < 4.78 is 5.84. The molecule has 2 heteroatoms. The molecule has 0 aliphatic heterocycles. The van der Waals surface area contributed by atoms with Gasteiger partial charge in [-0.2, -0.15) is 0 Å². The summed E-state index contributed by atoms with van der Waals surface area (Å²) in [4.78, 5) is 0. The lowest BCUT2D eigenvalue weighted by molar-refractivity contribution is 0.222. The first kappa shape index (κ1) is 12.5. The van der Waals surface area contributed by atoms with E-state index in [0.717, 1.165) is 17.7 Å². The molecule has 0 spiro atoms. The lowest BCUT2D eigenvalue weighted by Gasteiger charge is -2.15. The van der Waals surface area contributed by atoms with Crippen molar-refractivity contribution in [3.05, 3.63) is 59.7 Å². The van der Waals surface area contributed by atoms with E-state index in [4.69, 9.17) is 4.74 Å². The summed E-state index contributed by atoms with van der Waals surface area (Å²) in [6.07, 6.45) is 0.936. The van der Waals surface area contributed by atoms with Gasteiger partial charge in [0.25, 0.3) is 0 Å². The summed E-state index contributed by atoms with van der Waals surface area (Å²) in [5, 5.41) is 9.22. The van der Waals surface area contributed by atoms with Crippen molar-refractivity contribution in [3.8, 4) is 11.5 Å². The SMILES string of the molecule is Cc1ccc(O[C@@H](C)Cc2ccc(O)cc2)cc1. The van der Waals surface area contributed by atoms with Crippen LogP contribution in [0.25, 0.3) is 0 Å². The molecule has 0 bridgehead atoms. The van der Waals surface area contributed by atoms with Crippen LogP contribution in [0.2, 0.25) is 0 Å². The van der Waals surface area contributed by atoms with Crippen LogP contribution in [0.1, 0.15) is 18.1 Å². The standard InChI is InChI=1S/C16H18O2/c1-12-3-9-16(10-4-12)18-13(2)11-14-5-7-15(17)8-6-14/h3-10,13,17H,11H2,1-2H3/t13-/m0/s1. The van der Waals surface area contributed by atoms with Gasteiger partial charge in [-0.3, -0.25) is 0 Å². The Morgan fingerprint density at radius 2 is 1.61 bits per heavy atom. The van der Waals surface area contributed by atoms with Gasteiger partial charge in [0, 0.05) is 6.42 Å². The summed E-state index contributed by atoms with van der Waals surface area (Å²) in [6.45, 7) is 4.11. The molecular weight excluding hydrogens is 224 g/mol. The molecule has 2 aromatic carbocycles. The number of hydrogen-bond acceptors (Lipinski definition) is 2. The molecule has 0 aliphatic rings. The Hall–Kier alpha value is -1.96. The topological polar surface area (TPSA) is 29.5 Å². The smallest absolute Gasteiger partial charge is 0.119 e. The second-order valence-electron chi connectivity index (χ2n) is 4.61. The number of ether oxygens (including phenoxy) is 1. The fourth-order valence-corrected chi connectivity index (χ4v) is 1.85. The molecule has 0 unspecified atom stereocenters. The molecule has 0 amide bonds.